The zero-order valence-electron chi connectivity index (χ0n) is 12.1. The number of ether oxygens (including phenoxy) is 1. The van der Waals surface area contributed by atoms with E-state index < -0.39 is 15.3 Å². The second-order valence-electron chi connectivity index (χ2n) is 5.31. The van der Waals surface area contributed by atoms with Gasteiger partial charge in [-0.15, -0.1) is 0 Å². The van der Waals surface area contributed by atoms with Crippen molar-refractivity contribution < 1.29 is 13.2 Å². The maximum absolute atomic E-state index is 12.3. The lowest BCUT2D eigenvalue weighted by Gasteiger charge is -2.20. The standard InChI is InChI=1S/C15H23NO3S/c1-3-13(14-7-5-4-6-8-14)11-16-20(17,18)15-9-10-19-12(15)2/h4-8,12-13,15-16H,3,9-11H2,1-2H3/t12-,13+,15+/m0/s1. The van der Waals surface area contributed by atoms with Crippen LogP contribution in [0, 0.1) is 0 Å². The Morgan fingerprint density at radius 1 is 1.35 bits per heavy atom. The minimum Gasteiger partial charge on any atom is -0.377 e. The van der Waals surface area contributed by atoms with Crippen LogP contribution in [-0.2, 0) is 14.8 Å². The Morgan fingerprint density at radius 2 is 2.05 bits per heavy atom. The maximum atomic E-state index is 12.3. The van der Waals surface area contributed by atoms with E-state index in [1.807, 2.05) is 37.3 Å². The van der Waals surface area contributed by atoms with E-state index in [0.717, 1.165) is 6.42 Å². The lowest BCUT2D eigenvalue weighted by atomic mass is 9.97. The van der Waals surface area contributed by atoms with E-state index >= 15 is 0 Å². The third kappa shape index (κ3) is 3.59. The van der Waals surface area contributed by atoms with Crippen LogP contribution in [0.25, 0.3) is 0 Å². The van der Waals surface area contributed by atoms with Gasteiger partial charge in [0.05, 0.1) is 6.10 Å². The predicted molar refractivity (Wildman–Crippen MR) is 80.2 cm³/mol. The summed E-state index contributed by atoms with van der Waals surface area (Å²) in [6.45, 7) is 4.88. The Balaban J connectivity index is 1.99. The van der Waals surface area contributed by atoms with Crippen LogP contribution in [0.3, 0.4) is 0 Å². The summed E-state index contributed by atoms with van der Waals surface area (Å²) in [5, 5.41) is -0.421. The highest BCUT2D eigenvalue weighted by Gasteiger charge is 2.35. The summed E-state index contributed by atoms with van der Waals surface area (Å²) >= 11 is 0. The van der Waals surface area contributed by atoms with Crippen LogP contribution in [-0.4, -0.2) is 32.9 Å². The Morgan fingerprint density at radius 3 is 2.60 bits per heavy atom. The fraction of sp³-hybridized carbons (Fsp3) is 0.600. The van der Waals surface area contributed by atoms with Gasteiger partial charge in [-0.1, -0.05) is 37.3 Å². The first-order valence-corrected chi connectivity index (χ1v) is 8.74. The van der Waals surface area contributed by atoms with Crippen LogP contribution in [0.2, 0.25) is 0 Å². The number of nitrogens with one attached hydrogen (secondary N) is 1. The number of hydrogen-bond acceptors (Lipinski definition) is 3. The van der Waals surface area contributed by atoms with Crippen LogP contribution in [0.1, 0.15) is 38.2 Å². The molecule has 20 heavy (non-hydrogen) atoms. The number of hydrogen-bond donors (Lipinski definition) is 1. The first-order chi connectivity index (χ1) is 9.54. The van der Waals surface area contributed by atoms with Crippen molar-refractivity contribution in [2.75, 3.05) is 13.2 Å². The van der Waals surface area contributed by atoms with Gasteiger partial charge in [-0.25, -0.2) is 13.1 Å². The largest absolute Gasteiger partial charge is 0.377 e. The predicted octanol–water partition coefficient (Wildman–Crippen LogP) is 2.28. The molecule has 112 valence electrons. The number of benzene rings is 1. The molecule has 1 saturated heterocycles. The van der Waals surface area contributed by atoms with Crippen molar-refractivity contribution in [3.8, 4) is 0 Å². The normalized spacial score (nSPS) is 24.7. The molecule has 1 aromatic rings. The lowest BCUT2D eigenvalue weighted by molar-refractivity contribution is 0.126. The summed E-state index contributed by atoms with van der Waals surface area (Å²) in [7, 11) is -3.30. The van der Waals surface area contributed by atoms with Crippen LogP contribution in [0.15, 0.2) is 30.3 Å². The van der Waals surface area contributed by atoms with Gasteiger partial charge in [0.25, 0.3) is 0 Å². The first kappa shape index (κ1) is 15.5. The van der Waals surface area contributed by atoms with Gasteiger partial charge in [0.15, 0.2) is 0 Å². The van der Waals surface area contributed by atoms with Crippen molar-refractivity contribution in [2.45, 2.75) is 44.0 Å². The molecule has 0 amide bonds. The molecule has 5 heteroatoms. The first-order valence-electron chi connectivity index (χ1n) is 7.19. The molecule has 1 fully saturated rings. The van der Waals surface area contributed by atoms with Gasteiger partial charge in [0.1, 0.15) is 5.25 Å². The highest BCUT2D eigenvalue weighted by molar-refractivity contribution is 7.90. The van der Waals surface area contributed by atoms with Gasteiger partial charge in [-0.05, 0) is 31.2 Å². The molecule has 0 saturated carbocycles. The molecule has 0 aromatic heterocycles. The lowest BCUT2D eigenvalue weighted by Crippen LogP contribution is -2.39. The highest BCUT2D eigenvalue weighted by atomic mass is 32.2. The Labute approximate surface area is 121 Å². The van der Waals surface area contributed by atoms with Gasteiger partial charge in [0.2, 0.25) is 10.0 Å². The molecule has 0 spiro atoms. The van der Waals surface area contributed by atoms with Gasteiger partial charge in [0, 0.05) is 13.2 Å². The fourth-order valence-corrected chi connectivity index (χ4v) is 4.30. The average Bonchev–Trinajstić information content (AvgIpc) is 2.88. The number of rotatable bonds is 6. The van der Waals surface area contributed by atoms with E-state index in [1.54, 1.807) is 0 Å². The topological polar surface area (TPSA) is 55.4 Å². The highest BCUT2D eigenvalue weighted by Crippen LogP contribution is 2.22. The van der Waals surface area contributed by atoms with Gasteiger partial charge >= 0.3 is 0 Å². The fourth-order valence-electron chi connectivity index (χ4n) is 2.67. The molecule has 3 atom stereocenters. The third-order valence-corrected chi connectivity index (χ3v) is 5.99. The maximum Gasteiger partial charge on any atom is 0.217 e. The molecule has 1 aromatic carbocycles. The summed E-state index contributed by atoms with van der Waals surface area (Å²) in [6, 6.07) is 10.0. The molecule has 1 aliphatic rings. The molecular weight excluding hydrogens is 274 g/mol. The van der Waals surface area contributed by atoms with E-state index in [0.29, 0.717) is 19.6 Å². The zero-order chi connectivity index (χ0) is 14.6. The van der Waals surface area contributed by atoms with Crippen LogP contribution in [0.4, 0.5) is 0 Å². The van der Waals surface area contributed by atoms with E-state index in [1.165, 1.54) is 5.56 Å². The van der Waals surface area contributed by atoms with E-state index in [4.69, 9.17) is 4.74 Å². The molecule has 2 rings (SSSR count). The summed E-state index contributed by atoms with van der Waals surface area (Å²) in [5.74, 6) is 0.212. The summed E-state index contributed by atoms with van der Waals surface area (Å²) in [5.41, 5.74) is 1.17. The minimum atomic E-state index is -3.30. The van der Waals surface area contributed by atoms with Crippen molar-refractivity contribution in [1.82, 2.24) is 4.72 Å². The molecule has 0 radical (unpaired) electrons. The molecule has 0 bridgehead atoms. The Bertz CT molecular complexity index is 515. The Hall–Kier alpha value is -0.910. The molecule has 4 nitrogen and oxygen atoms in total. The number of sulfonamides is 1. The van der Waals surface area contributed by atoms with Crippen molar-refractivity contribution in [1.29, 1.82) is 0 Å². The molecule has 1 N–H and O–H groups in total. The molecule has 1 aliphatic heterocycles. The van der Waals surface area contributed by atoms with E-state index in [9.17, 15) is 8.42 Å². The van der Waals surface area contributed by atoms with Gasteiger partial charge < -0.3 is 4.74 Å². The van der Waals surface area contributed by atoms with Crippen molar-refractivity contribution in [2.24, 2.45) is 0 Å². The summed E-state index contributed by atoms with van der Waals surface area (Å²) < 4.78 is 32.7. The molecule has 1 heterocycles. The quantitative estimate of drug-likeness (QED) is 0.876. The SMILES string of the molecule is CC[C@H](CNS(=O)(=O)[C@@H]1CCO[C@H]1C)c1ccccc1. The van der Waals surface area contributed by atoms with Crippen molar-refractivity contribution in [3.63, 3.8) is 0 Å². The van der Waals surface area contributed by atoms with E-state index in [-0.39, 0.29) is 12.0 Å². The smallest absolute Gasteiger partial charge is 0.217 e. The van der Waals surface area contributed by atoms with Crippen molar-refractivity contribution >= 4 is 10.0 Å². The molecule has 0 unspecified atom stereocenters. The van der Waals surface area contributed by atoms with Crippen molar-refractivity contribution in [3.05, 3.63) is 35.9 Å². The second-order valence-corrected chi connectivity index (χ2v) is 7.30. The van der Waals surface area contributed by atoms with Crippen LogP contribution < -0.4 is 4.72 Å². The average molecular weight is 297 g/mol. The second kappa shape index (κ2) is 6.70. The Kier molecular flexibility index (Phi) is 5.18. The molecular formula is C15H23NO3S. The van der Waals surface area contributed by atoms with E-state index in [2.05, 4.69) is 11.6 Å². The van der Waals surface area contributed by atoms with Crippen LogP contribution in [0.5, 0.6) is 0 Å². The van der Waals surface area contributed by atoms with Gasteiger partial charge in [-0.3, -0.25) is 0 Å². The summed E-state index contributed by atoms with van der Waals surface area (Å²) in [4.78, 5) is 0. The van der Waals surface area contributed by atoms with Crippen LogP contribution >= 0.6 is 0 Å². The minimum absolute atomic E-state index is 0.212. The van der Waals surface area contributed by atoms with Gasteiger partial charge in [-0.2, -0.15) is 0 Å². The monoisotopic (exact) mass is 297 g/mol. The summed E-state index contributed by atoms with van der Waals surface area (Å²) in [6.07, 6.45) is 1.27. The third-order valence-electron chi connectivity index (χ3n) is 4.00. The molecule has 0 aliphatic carbocycles. The zero-order valence-corrected chi connectivity index (χ0v) is 12.9.